The van der Waals surface area contributed by atoms with Crippen LogP contribution in [0.15, 0.2) is 43.0 Å². The highest BCUT2D eigenvalue weighted by Crippen LogP contribution is 2.49. The molecule has 0 radical (unpaired) electrons. The van der Waals surface area contributed by atoms with E-state index in [-0.39, 0.29) is 18.6 Å². The molecule has 7 nitrogen and oxygen atoms in total. The highest BCUT2D eigenvalue weighted by molar-refractivity contribution is 5.83. The Morgan fingerprint density at radius 3 is 2.46 bits per heavy atom. The van der Waals surface area contributed by atoms with Crippen LogP contribution in [0.25, 0.3) is 11.2 Å². The van der Waals surface area contributed by atoms with Gasteiger partial charge in [-0.25, -0.2) is 15.0 Å². The minimum absolute atomic E-state index is 0.111. The molecule has 2 aromatic heterocycles. The molecule has 2 N–H and O–H groups in total. The quantitative estimate of drug-likeness (QED) is 0.620. The molecule has 0 unspecified atom stereocenters. The summed E-state index contributed by atoms with van der Waals surface area (Å²) in [6.07, 6.45) is 5.62. The van der Waals surface area contributed by atoms with Gasteiger partial charge in [-0.05, 0) is 18.4 Å². The fraction of sp³-hybridized carbons (Fsp3) is 0.476. The Morgan fingerprint density at radius 2 is 1.82 bits per heavy atom. The van der Waals surface area contributed by atoms with Crippen molar-refractivity contribution < 1.29 is 10.2 Å². The molecule has 0 saturated heterocycles. The summed E-state index contributed by atoms with van der Waals surface area (Å²) in [5.41, 5.74) is 2.39. The summed E-state index contributed by atoms with van der Waals surface area (Å²) >= 11 is 0. The zero-order valence-electron chi connectivity index (χ0n) is 16.4. The Balaban J connectivity index is 1.61. The van der Waals surface area contributed by atoms with Crippen LogP contribution >= 0.6 is 0 Å². The van der Waals surface area contributed by atoms with Gasteiger partial charge in [0.15, 0.2) is 17.0 Å². The molecule has 1 aliphatic carbocycles. The third-order valence-corrected chi connectivity index (χ3v) is 5.84. The number of rotatable bonds is 8. The van der Waals surface area contributed by atoms with Gasteiger partial charge in [0.2, 0.25) is 0 Å². The van der Waals surface area contributed by atoms with Gasteiger partial charge in [0.25, 0.3) is 0 Å². The number of fused-ring (bicyclic) bond motifs is 1. The normalized spacial score (nSPS) is 15.7. The van der Waals surface area contributed by atoms with Crippen molar-refractivity contribution >= 4 is 17.0 Å². The summed E-state index contributed by atoms with van der Waals surface area (Å²) in [6, 6.07) is 10.7. The van der Waals surface area contributed by atoms with Crippen molar-refractivity contribution in [3.8, 4) is 0 Å². The molecule has 7 heteroatoms. The first-order valence-electron chi connectivity index (χ1n) is 9.64. The molecule has 4 rings (SSSR count). The molecule has 2 heterocycles. The summed E-state index contributed by atoms with van der Waals surface area (Å²) in [5.74, 6) is 0.806. The second-order valence-corrected chi connectivity index (χ2v) is 8.37. The van der Waals surface area contributed by atoms with E-state index >= 15 is 0 Å². The van der Waals surface area contributed by atoms with Gasteiger partial charge in [-0.1, -0.05) is 37.3 Å². The smallest absolute Gasteiger partial charge is 0.165 e. The number of imidazole rings is 1. The lowest BCUT2D eigenvalue weighted by atomic mass is 9.93. The van der Waals surface area contributed by atoms with E-state index in [4.69, 9.17) is 0 Å². The van der Waals surface area contributed by atoms with E-state index in [1.807, 2.05) is 11.5 Å². The van der Waals surface area contributed by atoms with Crippen molar-refractivity contribution in [2.75, 3.05) is 31.7 Å². The summed E-state index contributed by atoms with van der Waals surface area (Å²) in [4.78, 5) is 15.6. The van der Waals surface area contributed by atoms with E-state index in [1.165, 1.54) is 18.4 Å². The highest BCUT2D eigenvalue weighted by Gasteiger charge is 2.45. The van der Waals surface area contributed by atoms with E-state index in [1.54, 1.807) is 12.7 Å². The summed E-state index contributed by atoms with van der Waals surface area (Å²) in [5, 5.41) is 19.2. The van der Waals surface area contributed by atoms with Crippen LogP contribution in [0.4, 0.5) is 5.82 Å². The molecule has 0 bridgehead atoms. The molecule has 28 heavy (non-hydrogen) atoms. The van der Waals surface area contributed by atoms with Gasteiger partial charge in [0.05, 0.1) is 19.5 Å². The number of nitrogens with zero attached hydrogens (tertiary/aromatic N) is 5. The lowest BCUT2D eigenvalue weighted by molar-refractivity contribution is 0.0562. The molecular formula is C21H27N5O2. The standard InChI is InChI=1S/C21H27N5O2/c1-20(12-27,13-28)10-26-15-24-17-18(22-14-23-19(17)26)25(2)11-21(8-9-21)16-6-4-3-5-7-16/h3-7,14-15,27-28H,8-13H2,1-2H3. The molecule has 0 spiro atoms. The Bertz CT molecular complexity index is 948. The van der Waals surface area contributed by atoms with Crippen molar-refractivity contribution in [2.45, 2.75) is 31.7 Å². The third-order valence-electron chi connectivity index (χ3n) is 5.84. The monoisotopic (exact) mass is 381 g/mol. The van der Waals surface area contributed by atoms with Crippen LogP contribution in [0.3, 0.4) is 0 Å². The van der Waals surface area contributed by atoms with Crippen LogP contribution in [0.5, 0.6) is 0 Å². The number of aliphatic hydroxyl groups is 2. The molecule has 0 atom stereocenters. The first-order chi connectivity index (χ1) is 13.5. The number of hydrogen-bond acceptors (Lipinski definition) is 6. The second kappa shape index (κ2) is 7.14. The molecule has 1 aromatic carbocycles. The van der Waals surface area contributed by atoms with E-state index < -0.39 is 5.41 Å². The Morgan fingerprint density at radius 1 is 1.11 bits per heavy atom. The Kier molecular flexibility index (Phi) is 4.81. The lowest BCUT2D eigenvalue weighted by Crippen LogP contribution is -2.31. The molecule has 0 amide bonds. The first-order valence-corrected chi connectivity index (χ1v) is 9.64. The minimum atomic E-state index is -0.629. The average molecular weight is 381 g/mol. The zero-order chi connectivity index (χ0) is 19.8. The van der Waals surface area contributed by atoms with Gasteiger partial charge in [-0.2, -0.15) is 0 Å². The maximum Gasteiger partial charge on any atom is 0.165 e. The molecule has 3 aromatic rings. The number of aromatic nitrogens is 4. The molecule has 1 saturated carbocycles. The highest BCUT2D eigenvalue weighted by atomic mass is 16.3. The van der Waals surface area contributed by atoms with Gasteiger partial charge in [-0.3, -0.25) is 0 Å². The van der Waals surface area contributed by atoms with Crippen molar-refractivity contribution in [3.05, 3.63) is 48.5 Å². The fourth-order valence-corrected chi connectivity index (χ4v) is 3.83. The summed E-state index contributed by atoms with van der Waals surface area (Å²) in [7, 11) is 2.05. The van der Waals surface area contributed by atoms with Gasteiger partial charge in [0.1, 0.15) is 6.33 Å². The van der Waals surface area contributed by atoms with Crippen LogP contribution in [0, 0.1) is 5.41 Å². The average Bonchev–Trinajstić information content (AvgIpc) is 3.41. The number of hydrogen-bond donors (Lipinski definition) is 2. The van der Waals surface area contributed by atoms with E-state index in [0.717, 1.165) is 23.5 Å². The van der Waals surface area contributed by atoms with Crippen LogP contribution in [0.2, 0.25) is 0 Å². The van der Waals surface area contributed by atoms with Crippen LogP contribution in [-0.4, -0.2) is 56.5 Å². The van der Waals surface area contributed by atoms with Crippen molar-refractivity contribution in [2.24, 2.45) is 5.41 Å². The number of anilines is 1. The minimum Gasteiger partial charge on any atom is -0.396 e. The predicted molar refractivity (Wildman–Crippen MR) is 108 cm³/mol. The maximum absolute atomic E-state index is 9.61. The van der Waals surface area contributed by atoms with Gasteiger partial charge < -0.3 is 19.7 Å². The molecule has 1 aliphatic rings. The largest absolute Gasteiger partial charge is 0.396 e. The van der Waals surface area contributed by atoms with Crippen molar-refractivity contribution in [1.82, 2.24) is 19.5 Å². The van der Waals surface area contributed by atoms with Gasteiger partial charge in [0, 0.05) is 31.0 Å². The SMILES string of the molecule is CN(CC1(c2ccccc2)CC1)c1ncnc2c1ncn2CC(C)(CO)CO. The van der Waals surface area contributed by atoms with E-state index in [2.05, 4.69) is 57.2 Å². The Labute approximate surface area is 164 Å². The number of benzene rings is 1. The van der Waals surface area contributed by atoms with E-state index in [0.29, 0.717) is 6.54 Å². The predicted octanol–water partition coefficient (Wildman–Crippen LogP) is 1.99. The van der Waals surface area contributed by atoms with Gasteiger partial charge in [-0.15, -0.1) is 0 Å². The van der Waals surface area contributed by atoms with Crippen molar-refractivity contribution in [3.63, 3.8) is 0 Å². The van der Waals surface area contributed by atoms with Crippen LogP contribution < -0.4 is 4.90 Å². The van der Waals surface area contributed by atoms with Gasteiger partial charge >= 0.3 is 0 Å². The molecular weight excluding hydrogens is 354 g/mol. The molecule has 1 fully saturated rings. The van der Waals surface area contributed by atoms with Crippen molar-refractivity contribution in [1.29, 1.82) is 0 Å². The van der Waals surface area contributed by atoms with Crippen LogP contribution in [0.1, 0.15) is 25.3 Å². The third kappa shape index (κ3) is 3.36. The number of aliphatic hydroxyl groups excluding tert-OH is 2. The summed E-state index contributed by atoms with van der Waals surface area (Å²) < 4.78 is 1.88. The van der Waals surface area contributed by atoms with Crippen LogP contribution in [-0.2, 0) is 12.0 Å². The fourth-order valence-electron chi connectivity index (χ4n) is 3.83. The number of likely N-dealkylation sites (N-methyl/N-ethyl adjacent to an activating group) is 1. The molecule has 148 valence electrons. The molecule has 0 aliphatic heterocycles. The van der Waals surface area contributed by atoms with E-state index in [9.17, 15) is 10.2 Å². The maximum atomic E-state index is 9.61. The summed E-state index contributed by atoms with van der Waals surface area (Å²) in [6.45, 7) is 2.93. The zero-order valence-corrected chi connectivity index (χ0v) is 16.4. The first kappa shape index (κ1) is 18.8. The lowest BCUT2D eigenvalue weighted by Gasteiger charge is -2.26. The second-order valence-electron chi connectivity index (χ2n) is 8.37. The topological polar surface area (TPSA) is 87.3 Å². The Hall–Kier alpha value is -2.51.